The van der Waals surface area contributed by atoms with Crippen LogP contribution < -0.4 is 0 Å². The van der Waals surface area contributed by atoms with Gasteiger partial charge in [-0.2, -0.15) is 0 Å². The molecule has 0 N–H and O–H groups in total. The second-order valence-electron chi connectivity index (χ2n) is 6.88. The maximum Gasteiger partial charge on any atom is 0.339 e. The highest BCUT2D eigenvalue weighted by Crippen LogP contribution is 2.44. The topological polar surface area (TPSA) is 29.5 Å². The maximum absolute atomic E-state index is 12.3. The number of carbonyl (C=O) groups excluding carboxylic acids is 1. The summed E-state index contributed by atoms with van der Waals surface area (Å²) < 4.78 is 5.89. The summed E-state index contributed by atoms with van der Waals surface area (Å²) in [5.41, 5.74) is 4.10. The second-order valence-corrected chi connectivity index (χ2v) is 6.88. The van der Waals surface area contributed by atoms with Crippen molar-refractivity contribution in [3.63, 3.8) is 0 Å². The Balaban J connectivity index is 0.00000182. The Morgan fingerprint density at radius 1 is 1.04 bits per heavy atom. The minimum Gasteiger partial charge on any atom is -0.450 e. The molecule has 1 fully saturated rings. The summed E-state index contributed by atoms with van der Waals surface area (Å²) >= 11 is 0. The van der Waals surface area contributed by atoms with E-state index < -0.39 is 5.60 Å². The van der Waals surface area contributed by atoms with Gasteiger partial charge in [-0.25, -0.2) is 4.79 Å². The van der Waals surface area contributed by atoms with Crippen LogP contribution in [0.15, 0.2) is 48.5 Å². The van der Waals surface area contributed by atoms with Crippen molar-refractivity contribution in [1.29, 1.82) is 0 Å². The van der Waals surface area contributed by atoms with E-state index in [1.807, 2.05) is 12.1 Å². The Bertz CT molecular complexity index is 752. The number of ether oxygens (including phenoxy) is 1. The SMILES string of the molecule is CCc1ccc2c(c1)C1(CCN(Cc3ccccc3)CC1)OC2=O.Cl. The van der Waals surface area contributed by atoms with Crippen molar-refractivity contribution in [2.75, 3.05) is 13.1 Å². The number of benzene rings is 2. The van der Waals surface area contributed by atoms with Gasteiger partial charge in [0.25, 0.3) is 0 Å². The lowest BCUT2D eigenvalue weighted by molar-refractivity contribution is -0.0441. The predicted molar refractivity (Wildman–Crippen MR) is 101 cm³/mol. The average Bonchev–Trinajstić information content (AvgIpc) is 2.89. The molecular weight excluding hydrogens is 334 g/mol. The molecule has 3 nitrogen and oxygen atoms in total. The molecule has 0 aliphatic carbocycles. The van der Waals surface area contributed by atoms with Gasteiger partial charge in [0.15, 0.2) is 0 Å². The number of piperidine rings is 1. The quantitative estimate of drug-likeness (QED) is 0.765. The number of hydrogen-bond donors (Lipinski definition) is 0. The van der Waals surface area contributed by atoms with Crippen LogP contribution in [-0.4, -0.2) is 24.0 Å². The van der Waals surface area contributed by atoms with Crippen LogP contribution in [0.5, 0.6) is 0 Å². The van der Waals surface area contributed by atoms with Crippen LogP contribution in [0.4, 0.5) is 0 Å². The second kappa shape index (κ2) is 7.19. The molecule has 1 spiro atoms. The Morgan fingerprint density at radius 2 is 1.76 bits per heavy atom. The van der Waals surface area contributed by atoms with E-state index in [1.165, 1.54) is 11.1 Å². The molecule has 2 aliphatic rings. The number of fused-ring (bicyclic) bond motifs is 2. The fourth-order valence-corrected chi connectivity index (χ4v) is 3.94. The summed E-state index contributed by atoms with van der Waals surface area (Å²) in [4.78, 5) is 14.7. The molecule has 1 saturated heterocycles. The number of hydrogen-bond acceptors (Lipinski definition) is 3. The lowest BCUT2D eigenvalue weighted by atomic mass is 9.82. The molecular formula is C21H24ClNO2. The van der Waals surface area contributed by atoms with Crippen molar-refractivity contribution in [2.24, 2.45) is 0 Å². The zero-order valence-corrected chi connectivity index (χ0v) is 15.3. The van der Waals surface area contributed by atoms with Gasteiger partial charge in [-0.05, 0) is 23.6 Å². The zero-order chi connectivity index (χ0) is 16.6. The summed E-state index contributed by atoms with van der Waals surface area (Å²) in [5.74, 6) is -0.149. The van der Waals surface area contributed by atoms with Crippen molar-refractivity contribution >= 4 is 18.4 Å². The van der Waals surface area contributed by atoms with Crippen LogP contribution in [0, 0.1) is 0 Å². The molecule has 0 atom stereocenters. The van der Waals surface area contributed by atoms with E-state index in [-0.39, 0.29) is 18.4 Å². The van der Waals surface area contributed by atoms with Crippen molar-refractivity contribution in [3.05, 3.63) is 70.8 Å². The van der Waals surface area contributed by atoms with Crippen LogP contribution in [0.3, 0.4) is 0 Å². The number of aryl methyl sites for hydroxylation is 1. The molecule has 2 aromatic carbocycles. The molecule has 0 radical (unpaired) electrons. The molecule has 0 amide bonds. The molecule has 0 unspecified atom stereocenters. The fourth-order valence-electron chi connectivity index (χ4n) is 3.94. The smallest absolute Gasteiger partial charge is 0.339 e. The normalized spacial score (nSPS) is 18.5. The molecule has 132 valence electrons. The Morgan fingerprint density at radius 3 is 2.44 bits per heavy atom. The molecule has 2 aliphatic heterocycles. The number of rotatable bonds is 3. The largest absolute Gasteiger partial charge is 0.450 e. The first-order valence-corrected chi connectivity index (χ1v) is 8.83. The summed E-state index contributed by atoms with van der Waals surface area (Å²) in [6.07, 6.45) is 2.75. The highest BCUT2D eigenvalue weighted by Gasteiger charge is 2.47. The molecule has 2 heterocycles. The molecule has 0 aromatic heterocycles. The van der Waals surface area contributed by atoms with Gasteiger partial charge in [0.1, 0.15) is 5.60 Å². The third-order valence-corrected chi connectivity index (χ3v) is 5.40. The highest BCUT2D eigenvalue weighted by atomic mass is 35.5. The van der Waals surface area contributed by atoms with Gasteiger partial charge >= 0.3 is 5.97 Å². The van der Waals surface area contributed by atoms with Crippen LogP contribution in [0.1, 0.15) is 46.8 Å². The van der Waals surface area contributed by atoms with Gasteiger partial charge in [0.2, 0.25) is 0 Å². The van der Waals surface area contributed by atoms with Gasteiger partial charge in [0.05, 0.1) is 5.56 Å². The average molecular weight is 358 g/mol. The molecule has 2 aromatic rings. The Labute approximate surface area is 155 Å². The molecule has 4 heteroatoms. The van der Waals surface area contributed by atoms with E-state index in [4.69, 9.17) is 4.74 Å². The third kappa shape index (κ3) is 3.31. The summed E-state index contributed by atoms with van der Waals surface area (Å²) in [5, 5.41) is 0. The van der Waals surface area contributed by atoms with E-state index in [9.17, 15) is 4.79 Å². The zero-order valence-electron chi connectivity index (χ0n) is 14.5. The predicted octanol–water partition coefficient (Wildman–Crippen LogP) is 4.33. The van der Waals surface area contributed by atoms with Crippen LogP contribution >= 0.6 is 12.4 Å². The monoisotopic (exact) mass is 357 g/mol. The molecule has 0 saturated carbocycles. The van der Waals surface area contributed by atoms with E-state index >= 15 is 0 Å². The van der Waals surface area contributed by atoms with Crippen LogP contribution in [-0.2, 0) is 23.3 Å². The number of carbonyl (C=O) groups is 1. The third-order valence-electron chi connectivity index (χ3n) is 5.40. The highest BCUT2D eigenvalue weighted by molar-refractivity contribution is 5.94. The van der Waals surface area contributed by atoms with Gasteiger partial charge < -0.3 is 4.74 Å². The lowest BCUT2D eigenvalue weighted by Crippen LogP contribution is -2.42. The lowest BCUT2D eigenvalue weighted by Gasteiger charge is -2.38. The standard InChI is InChI=1S/C21H23NO2.ClH/c1-2-16-8-9-18-19(14-16)21(24-20(18)23)10-12-22(13-11-21)15-17-6-4-3-5-7-17;/h3-9,14H,2,10-13,15H2,1H3;1H. The van der Waals surface area contributed by atoms with Crippen molar-refractivity contribution < 1.29 is 9.53 Å². The van der Waals surface area contributed by atoms with E-state index in [0.29, 0.717) is 0 Å². The van der Waals surface area contributed by atoms with Crippen LogP contribution in [0.25, 0.3) is 0 Å². The molecule has 4 rings (SSSR count). The molecule has 0 bridgehead atoms. The van der Waals surface area contributed by atoms with Crippen molar-refractivity contribution in [2.45, 2.75) is 38.3 Å². The van der Waals surface area contributed by atoms with Crippen molar-refractivity contribution in [1.82, 2.24) is 4.90 Å². The van der Waals surface area contributed by atoms with Gasteiger partial charge in [-0.15, -0.1) is 12.4 Å². The van der Waals surface area contributed by atoms with E-state index in [0.717, 1.165) is 50.0 Å². The first-order valence-electron chi connectivity index (χ1n) is 8.83. The summed E-state index contributed by atoms with van der Waals surface area (Å²) in [7, 11) is 0. The fraction of sp³-hybridized carbons (Fsp3) is 0.381. The maximum atomic E-state index is 12.3. The van der Waals surface area contributed by atoms with Gasteiger partial charge in [-0.3, -0.25) is 4.90 Å². The van der Waals surface area contributed by atoms with Gasteiger partial charge in [0, 0.05) is 38.0 Å². The minimum atomic E-state index is -0.398. The minimum absolute atomic E-state index is 0. The van der Waals surface area contributed by atoms with Crippen LogP contribution in [0.2, 0.25) is 0 Å². The number of likely N-dealkylation sites (tertiary alicyclic amines) is 1. The van der Waals surface area contributed by atoms with Gasteiger partial charge in [-0.1, -0.05) is 49.4 Å². The van der Waals surface area contributed by atoms with E-state index in [2.05, 4.69) is 48.2 Å². The van der Waals surface area contributed by atoms with Crippen molar-refractivity contribution in [3.8, 4) is 0 Å². The van der Waals surface area contributed by atoms with E-state index in [1.54, 1.807) is 0 Å². The number of halogens is 1. The first kappa shape index (κ1) is 18.0. The number of nitrogens with zero attached hydrogens (tertiary/aromatic N) is 1. The first-order chi connectivity index (χ1) is 11.7. The molecule has 25 heavy (non-hydrogen) atoms. The summed E-state index contributed by atoms with van der Waals surface area (Å²) in [6.45, 7) is 5.02. The number of esters is 1. The Kier molecular flexibility index (Phi) is 5.16. The Hall–Kier alpha value is -1.84. The summed E-state index contributed by atoms with van der Waals surface area (Å²) in [6, 6.07) is 16.7.